The van der Waals surface area contributed by atoms with E-state index in [2.05, 4.69) is 10.3 Å². The summed E-state index contributed by atoms with van der Waals surface area (Å²) in [5.41, 5.74) is 1.78. The fourth-order valence-electron chi connectivity index (χ4n) is 5.17. The monoisotopic (exact) mass is 409 g/mol. The lowest BCUT2D eigenvalue weighted by molar-refractivity contribution is -0.139. The van der Waals surface area contributed by atoms with E-state index in [1.54, 1.807) is 0 Å². The van der Waals surface area contributed by atoms with Gasteiger partial charge in [0.1, 0.15) is 30.6 Å². The molecule has 7 atom stereocenters. The van der Waals surface area contributed by atoms with Gasteiger partial charge < -0.3 is 19.7 Å². The van der Waals surface area contributed by atoms with E-state index in [1.165, 1.54) is 6.07 Å². The van der Waals surface area contributed by atoms with Crippen molar-refractivity contribution in [3.05, 3.63) is 34.9 Å². The van der Waals surface area contributed by atoms with Crippen LogP contribution in [0.1, 0.15) is 30.6 Å². The molecule has 7 nitrogen and oxygen atoms in total. The molecule has 9 heteroatoms. The average Bonchev–Trinajstić information content (AvgIpc) is 3.27. The number of nitrogens with one attached hydrogen (secondary N) is 1. The molecular weight excluding hydrogens is 384 g/mol. The molecule has 2 unspecified atom stereocenters. The Balaban J connectivity index is 1.40. The molecule has 1 aromatic rings. The minimum Gasteiger partial charge on any atom is -0.387 e. The van der Waals surface area contributed by atoms with E-state index in [1.807, 2.05) is 11.8 Å². The fraction of sp³-hybridized carbons (Fsp3) is 0.650. The average molecular weight is 409 g/mol. The third-order valence-corrected chi connectivity index (χ3v) is 6.69. The van der Waals surface area contributed by atoms with Crippen LogP contribution in [-0.4, -0.2) is 71.4 Å². The van der Waals surface area contributed by atoms with E-state index in [0.29, 0.717) is 18.8 Å². The fourth-order valence-corrected chi connectivity index (χ4v) is 5.17. The first kappa shape index (κ1) is 19.5. The summed E-state index contributed by atoms with van der Waals surface area (Å²) >= 11 is 0. The second-order valence-electron chi connectivity index (χ2n) is 8.18. The van der Waals surface area contributed by atoms with Gasteiger partial charge in [-0.05, 0) is 37.0 Å². The van der Waals surface area contributed by atoms with E-state index in [9.17, 15) is 19.0 Å². The van der Waals surface area contributed by atoms with E-state index in [-0.39, 0.29) is 30.7 Å². The summed E-state index contributed by atoms with van der Waals surface area (Å²) in [6.07, 6.45) is -3.61. The number of ether oxygens (including phenoxy) is 2. The number of hydrogen-bond acceptors (Lipinski definition) is 7. The van der Waals surface area contributed by atoms with Crippen molar-refractivity contribution < 1.29 is 28.5 Å². The zero-order chi connectivity index (χ0) is 20.3. The third kappa shape index (κ3) is 3.03. The first-order valence-corrected chi connectivity index (χ1v) is 10.1. The van der Waals surface area contributed by atoms with Gasteiger partial charge in [-0.25, -0.2) is 8.78 Å². The number of halogens is 2. The second-order valence-corrected chi connectivity index (χ2v) is 8.18. The van der Waals surface area contributed by atoms with Crippen molar-refractivity contribution in [3.63, 3.8) is 0 Å². The molecular formula is C20H25F2N3O4. The van der Waals surface area contributed by atoms with Crippen LogP contribution in [-0.2, 0) is 15.9 Å². The SMILES string of the molecule is CC1=NCNC2C1CCN2[C@@H]1O[C@H]([C@@H]2OCCc3c2ccc(F)c3F)[C@@H](O)[C@H]1O. The minimum atomic E-state index is -1.21. The summed E-state index contributed by atoms with van der Waals surface area (Å²) in [6.45, 7) is 3.39. The summed E-state index contributed by atoms with van der Waals surface area (Å²) in [6, 6.07) is 2.53. The van der Waals surface area contributed by atoms with Crippen LogP contribution in [0.3, 0.4) is 0 Å². The topological polar surface area (TPSA) is 86.6 Å². The predicted molar refractivity (Wildman–Crippen MR) is 99.1 cm³/mol. The summed E-state index contributed by atoms with van der Waals surface area (Å²) in [5, 5.41) is 24.8. The summed E-state index contributed by atoms with van der Waals surface area (Å²) in [7, 11) is 0. The molecule has 4 aliphatic heterocycles. The van der Waals surface area contributed by atoms with E-state index in [4.69, 9.17) is 9.47 Å². The van der Waals surface area contributed by atoms with Crippen molar-refractivity contribution >= 4 is 5.71 Å². The van der Waals surface area contributed by atoms with Crippen molar-refractivity contribution in [2.24, 2.45) is 10.9 Å². The van der Waals surface area contributed by atoms with Crippen molar-refractivity contribution in [1.29, 1.82) is 0 Å². The standard InChI is InChI=1S/C20H25F2N3O4/c1-9-10-4-6-25(19(10)24-8-23-9)20-16(27)15(26)18(29-20)17-12-2-3-13(21)14(22)11(12)5-7-28-17/h2-3,10,15-20,24,26-27H,4-8H2,1H3/t10?,15-,16+,17+,18-,19?,20+/m0/s1. The molecule has 5 rings (SSSR count). The number of benzene rings is 1. The van der Waals surface area contributed by atoms with Crippen LogP contribution in [0.5, 0.6) is 0 Å². The van der Waals surface area contributed by atoms with Crippen LogP contribution in [0.2, 0.25) is 0 Å². The molecule has 2 fully saturated rings. The second kappa shape index (κ2) is 7.33. The lowest BCUT2D eigenvalue weighted by Gasteiger charge is -2.36. The van der Waals surface area contributed by atoms with E-state index < -0.39 is 42.3 Å². The van der Waals surface area contributed by atoms with Gasteiger partial charge in [-0.1, -0.05) is 6.07 Å². The maximum Gasteiger partial charge on any atom is 0.162 e. The molecule has 0 spiro atoms. The number of hydrogen-bond donors (Lipinski definition) is 3. The van der Waals surface area contributed by atoms with Gasteiger partial charge in [0.15, 0.2) is 11.6 Å². The Labute approximate surface area is 167 Å². The number of aliphatic hydroxyl groups is 2. The van der Waals surface area contributed by atoms with Crippen molar-refractivity contribution in [2.45, 2.75) is 56.6 Å². The van der Waals surface area contributed by atoms with Gasteiger partial charge >= 0.3 is 0 Å². The highest BCUT2D eigenvalue weighted by Gasteiger charge is 2.53. The lowest BCUT2D eigenvalue weighted by atomic mass is 9.91. The van der Waals surface area contributed by atoms with Gasteiger partial charge in [-0.2, -0.15) is 0 Å². The molecule has 0 amide bonds. The maximum atomic E-state index is 14.3. The number of nitrogens with zero attached hydrogens (tertiary/aromatic N) is 2. The molecule has 2 saturated heterocycles. The molecule has 29 heavy (non-hydrogen) atoms. The number of rotatable bonds is 2. The molecule has 4 aliphatic rings. The van der Waals surface area contributed by atoms with Crippen molar-refractivity contribution in [1.82, 2.24) is 10.2 Å². The molecule has 0 bridgehead atoms. The Morgan fingerprint density at radius 1 is 1.24 bits per heavy atom. The van der Waals surface area contributed by atoms with Crippen LogP contribution >= 0.6 is 0 Å². The molecule has 0 aromatic heterocycles. The molecule has 0 radical (unpaired) electrons. The van der Waals surface area contributed by atoms with Gasteiger partial charge in [-0.3, -0.25) is 15.2 Å². The largest absolute Gasteiger partial charge is 0.387 e. The van der Waals surface area contributed by atoms with Gasteiger partial charge in [-0.15, -0.1) is 0 Å². The first-order chi connectivity index (χ1) is 14.0. The first-order valence-electron chi connectivity index (χ1n) is 10.1. The number of likely N-dealkylation sites (tertiary alicyclic amines) is 1. The predicted octanol–water partition coefficient (Wildman–Crippen LogP) is 0.695. The highest BCUT2D eigenvalue weighted by molar-refractivity contribution is 5.85. The van der Waals surface area contributed by atoms with Gasteiger partial charge in [0.2, 0.25) is 0 Å². The van der Waals surface area contributed by atoms with Gasteiger partial charge in [0.05, 0.1) is 19.4 Å². The molecule has 0 saturated carbocycles. The minimum absolute atomic E-state index is 0.0239. The zero-order valence-electron chi connectivity index (χ0n) is 16.1. The van der Waals surface area contributed by atoms with Crippen molar-refractivity contribution in [3.8, 4) is 0 Å². The Bertz CT molecular complexity index is 838. The lowest BCUT2D eigenvalue weighted by Crippen LogP contribution is -2.55. The number of aliphatic imine (C=N–C) groups is 1. The Morgan fingerprint density at radius 2 is 2.07 bits per heavy atom. The van der Waals surface area contributed by atoms with Crippen molar-refractivity contribution in [2.75, 3.05) is 19.8 Å². The normalized spacial score (nSPS) is 39.9. The summed E-state index contributed by atoms with van der Waals surface area (Å²) in [4.78, 5) is 6.46. The quantitative estimate of drug-likeness (QED) is 0.667. The Hall–Kier alpha value is -1.49. The maximum absolute atomic E-state index is 14.3. The van der Waals surface area contributed by atoms with Crippen LogP contribution in [0.15, 0.2) is 17.1 Å². The highest BCUT2D eigenvalue weighted by Crippen LogP contribution is 2.41. The van der Waals surface area contributed by atoms with Gasteiger partial charge in [0, 0.05) is 18.2 Å². The molecule has 4 heterocycles. The van der Waals surface area contributed by atoms with E-state index >= 15 is 0 Å². The zero-order valence-corrected chi connectivity index (χ0v) is 16.1. The number of fused-ring (bicyclic) bond motifs is 2. The molecule has 158 valence electrons. The molecule has 3 N–H and O–H groups in total. The van der Waals surface area contributed by atoms with Crippen LogP contribution < -0.4 is 5.32 Å². The summed E-state index contributed by atoms with van der Waals surface area (Å²) in [5.74, 6) is -1.55. The van der Waals surface area contributed by atoms with Crippen LogP contribution in [0.4, 0.5) is 8.78 Å². The smallest absolute Gasteiger partial charge is 0.162 e. The van der Waals surface area contributed by atoms with E-state index in [0.717, 1.165) is 18.2 Å². The highest BCUT2D eigenvalue weighted by atomic mass is 19.2. The Morgan fingerprint density at radius 3 is 2.90 bits per heavy atom. The van der Waals surface area contributed by atoms with Crippen LogP contribution in [0, 0.1) is 17.6 Å². The van der Waals surface area contributed by atoms with Crippen LogP contribution in [0.25, 0.3) is 0 Å². The molecule has 0 aliphatic carbocycles. The van der Waals surface area contributed by atoms with Gasteiger partial charge in [0.25, 0.3) is 0 Å². The Kier molecular flexibility index (Phi) is 4.92. The summed E-state index contributed by atoms with van der Waals surface area (Å²) < 4.78 is 39.8. The molecule has 1 aromatic carbocycles. The third-order valence-electron chi connectivity index (χ3n) is 6.69. The number of aliphatic hydroxyl groups excluding tert-OH is 2.